The van der Waals surface area contributed by atoms with E-state index >= 15 is 0 Å². The Morgan fingerprint density at radius 2 is 2.04 bits per heavy atom. The average Bonchev–Trinajstić information content (AvgIpc) is 2.62. The molecule has 0 saturated carbocycles. The van der Waals surface area contributed by atoms with Crippen molar-refractivity contribution in [3.8, 4) is 11.1 Å². The van der Waals surface area contributed by atoms with Gasteiger partial charge in [0.2, 0.25) is 5.91 Å². The van der Waals surface area contributed by atoms with Crippen LogP contribution in [0.25, 0.3) is 11.1 Å². The van der Waals surface area contributed by atoms with E-state index in [0.29, 0.717) is 28.3 Å². The number of nitrogens with zero attached hydrogens (tertiary/aromatic N) is 2. The number of carbonyl (C=O) groups excluding carboxylic acids is 1. The molecule has 126 valence electrons. The van der Waals surface area contributed by atoms with Crippen LogP contribution in [0.15, 0.2) is 61.1 Å². The van der Waals surface area contributed by atoms with Gasteiger partial charge in [-0.3, -0.25) is 14.8 Å². The Kier molecular flexibility index (Phi) is 5.05. The van der Waals surface area contributed by atoms with Crippen molar-refractivity contribution in [3.05, 3.63) is 83.2 Å². The van der Waals surface area contributed by atoms with Crippen LogP contribution in [-0.4, -0.2) is 15.9 Å². The molecular formula is C19H15ClFN3O. The van der Waals surface area contributed by atoms with Gasteiger partial charge in [0.1, 0.15) is 5.82 Å². The van der Waals surface area contributed by atoms with Crippen molar-refractivity contribution in [1.82, 2.24) is 9.97 Å². The number of halogens is 2. The molecule has 0 radical (unpaired) electrons. The molecule has 0 aliphatic heterocycles. The van der Waals surface area contributed by atoms with Crippen molar-refractivity contribution in [1.29, 1.82) is 0 Å². The second-order valence-electron chi connectivity index (χ2n) is 5.62. The molecular weight excluding hydrogens is 341 g/mol. The van der Waals surface area contributed by atoms with Crippen LogP contribution in [0, 0.1) is 5.82 Å². The lowest BCUT2D eigenvalue weighted by Gasteiger charge is -2.13. The second-order valence-corrected chi connectivity index (χ2v) is 6.06. The Bertz CT molecular complexity index is 902. The van der Waals surface area contributed by atoms with E-state index < -0.39 is 11.8 Å². The van der Waals surface area contributed by atoms with Crippen molar-refractivity contribution in [3.63, 3.8) is 0 Å². The molecule has 2 aromatic heterocycles. The van der Waals surface area contributed by atoms with E-state index in [-0.39, 0.29) is 5.82 Å². The third-order valence-electron chi connectivity index (χ3n) is 3.86. The number of carbonyl (C=O) groups is 1. The maximum Gasteiger partial charge on any atom is 0.226 e. The van der Waals surface area contributed by atoms with Crippen molar-refractivity contribution in [2.75, 3.05) is 0 Å². The molecule has 0 spiro atoms. The van der Waals surface area contributed by atoms with Crippen LogP contribution in [0.3, 0.4) is 0 Å². The minimum atomic E-state index is -0.581. The summed E-state index contributed by atoms with van der Waals surface area (Å²) in [7, 11) is 0. The van der Waals surface area contributed by atoms with E-state index in [2.05, 4.69) is 9.97 Å². The molecule has 25 heavy (non-hydrogen) atoms. The third kappa shape index (κ3) is 4.00. The third-order valence-corrected chi connectivity index (χ3v) is 4.10. The lowest BCUT2D eigenvalue weighted by atomic mass is 9.94. The van der Waals surface area contributed by atoms with E-state index in [9.17, 15) is 9.18 Å². The highest BCUT2D eigenvalue weighted by molar-refractivity contribution is 6.30. The molecule has 3 aromatic rings. The molecule has 0 saturated heterocycles. The number of pyridine rings is 2. The summed E-state index contributed by atoms with van der Waals surface area (Å²) < 4.78 is 14.1. The predicted molar refractivity (Wildman–Crippen MR) is 94.5 cm³/mol. The molecule has 0 aliphatic carbocycles. The quantitative estimate of drug-likeness (QED) is 0.757. The number of amides is 1. The second kappa shape index (κ2) is 7.40. The zero-order chi connectivity index (χ0) is 17.8. The predicted octanol–water partition coefficient (Wildman–Crippen LogP) is 3.75. The largest absolute Gasteiger partial charge is 0.369 e. The molecule has 0 fully saturated rings. The van der Waals surface area contributed by atoms with Crippen LogP contribution in [0.5, 0.6) is 0 Å². The smallest absolute Gasteiger partial charge is 0.226 e. The number of aromatic nitrogens is 2. The summed E-state index contributed by atoms with van der Waals surface area (Å²) in [6.45, 7) is 0. The Labute approximate surface area is 149 Å². The molecule has 2 N–H and O–H groups in total. The molecule has 0 aliphatic rings. The van der Waals surface area contributed by atoms with Crippen LogP contribution >= 0.6 is 11.6 Å². The zero-order valence-corrected chi connectivity index (χ0v) is 13.9. The summed E-state index contributed by atoms with van der Waals surface area (Å²) in [4.78, 5) is 20.2. The highest BCUT2D eigenvalue weighted by atomic mass is 35.5. The Morgan fingerprint density at radius 1 is 1.20 bits per heavy atom. The fourth-order valence-corrected chi connectivity index (χ4v) is 2.81. The van der Waals surface area contributed by atoms with Crippen molar-refractivity contribution >= 4 is 17.5 Å². The van der Waals surface area contributed by atoms with Gasteiger partial charge in [0, 0.05) is 34.7 Å². The number of hydrogen-bond acceptors (Lipinski definition) is 3. The van der Waals surface area contributed by atoms with Gasteiger partial charge in [-0.05, 0) is 48.4 Å². The zero-order valence-electron chi connectivity index (χ0n) is 13.2. The Balaban J connectivity index is 1.93. The van der Waals surface area contributed by atoms with Crippen LogP contribution in [0.4, 0.5) is 4.39 Å². The molecule has 1 atom stereocenters. The van der Waals surface area contributed by atoms with E-state index in [0.717, 1.165) is 5.56 Å². The molecule has 3 rings (SSSR count). The summed E-state index contributed by atoms with van der Waals surface area (Å²) in [5.74, 6) is -1.44. The summed E-state index contributed by atoms with van der Waals surface area (Å²) in [5.41, 5.74) is 7.82. The summed E-state index contributed by atoms with van der Waals surface area (Å²) >= 11 is 5.96. The van der Waals surface area contributed by atoms with Crippen molar-refractivity contribution in [2.24, 2.45) is 5.73 Å². The molecule has 2 heterocycles. The highest BCUT2D eigenvalue weighted by Gasteiger charge is 2.20. The first-order valence-corrected chi connectivity index (χ1v) is 8.02. The van der Waals surface area contributed by atoms with Gasteiger partial charge in [-0.2, -0.15) is 0 Å². The maximum atomic E-state index is 14.1. The fraction of sp³-hybridized carbons (Fsp3) is 0.105. The van der Waals surface area contributed by atoms with Gasteiger partial charge in [0.25, 0.3) is 0 Å². The molecule has 1 amide bonds. The van der Waals surface area contributed by atoms with E-state index in [1.807, 2.05) is 0 Å². The summed E-state index contributed by atoms with van der Waals surface area (Å²) in [5, 5.41) is 0.435. The molecule has 0 bridgehead atoms. The van der Waals surface area contributed by atoms with Crippen LogP contribution in [0.1, 0.15) is 17.2 Å². The Morgan fingerprint density at radius 3 is 2.76 bits per heavy atom. The van der Waals surface area contributed by atoms with Gasteiger partial charge in [-0.15, -0.1) is 0 Å². The van der Waals surface area contributed by atoms with Crippen LogP contribution in [0.2, 0.25) is 5.02 Å². The van der Waals surface area contributed by atoms with Crippen molar-refractivity contribution < 1.29 is 9.18 Å². The molecule has 6 heteroatoms. The van der Waals surface area contributed by atoms with Gasteiger partial charge in [0.15, 0.2) is 0 Å². The first-order valence-electron chi connectivity index (χ1n) is 7.64. The number of hydrogen-bond donors (Lipinski definition) is 1. The van der Waals surface area contributed by atoms with Gasteiger partial charge < -0.3 is 5.73 Å². The topological polar surface area (TPSA) is 68.9 Å². The standard InChI is InChI=1S/C19H15ClFN3O/c20-14-4-5-17(21)15(9-14)13-7-12(10-23-11-13)8-16(19(22)25)18-3-1-2-6-24-18/h1-7,9-11,16H,8H2,(H2,22,25). The lowest BCUT2D eigenvalue weighted by molar-refractivity contribution is -0.119. The minimum Gasteiger partial charge on any atom is -0.369 e. The lowest BCUT2D eigenvalue weighted by Crippen LogP contribution is -2.24. The molecule has 1 aromatic carbocycles. The number of benzene rings is 1. The Hall–Kier alpha value is -2.79. The van der Waals surface area contributed by atoms with Gasteiger partial charge in [-0.1, -0.05) is 17.7 Å². The van der Waals surface area contributed by atoms with Crippen LogP contribution < -0.4 is 5.73 Å². The normalized spacial score (nSPS) is 11.9. The SMILES string of the molecule is NC(=O)C(Cc1cncc(-c2cc(Cl)ccc2F)c1)c1ccccn1. The van der Waals surface area contributed by atoms with Gasteiger partial charge in [-0.25, -0.2) is 4.39 Å². The minimum absolute atomic E-state index is 0.329. The van der Waals surface area contributed by atoms with Gasteiger partial charge >= 0.3 is 0 Å². The number of primary amides is 1. The summed E-state index contributed by atoms with van der Waals surface area (Å²) in [6, 6.07) is 11.4. The highest BCUT2D eigenvalue weighted by Crippen LogP contribution is 2.27. The number of nitrogens with two attached hydrogens (primary N) is 1. The van der Waals surface area contributed by atoms with Crippen LogP contribution in [-0.2, 0) is 11.2 Å². The first kappa shape index (κ1) is 17.0. The maximum absolute atomic E-state index is 14.1. The van der Waals surface area contributed by atoms with E-state index in [1.54, 1.807) is 48.9 Å². The van der Waals surface area contributed by atoms with Crippen molar-refractivity contribution in [2.45, 2.75) is 12.3 Å². The van der Waals surface area contributed by atoms with E-state index in [4.69, 9.17) is 17.3 Å². The molecule has 1 unspecified atom stereocenters. The number of rotatable bonds is 5. The first-order chi connectivity index (χ1) is 12.0. The monoisotopic (exact) mass is 355 g/mol. The van der Waals surface area contributed by atoms with Gasteiger partial charge in [0.05, 0.1) is 11.6 Å². The molecule has 4 nitrogen and oxygen atoms in total. The van der Waals surface area contributed by atoms with E-state index in [1.165, 1.54) is 12.1 Å². The average molecular weight is 356 g/mol. The fourth-order valence-electron chi connectivity index (χ4n) is 2.63. The summed E-state index contributed by atoms with van der Waals surface area (Å²) in [6.07, 6.45) is 5.12.